The van der Waals surface area contributed by atoms with Gasteiger partial charge in [-0.05, 0) is 47.4 Å². The molecule has 0 saturated heterocycles. The van der Waals surface area contributed by atoms with Crippen molar-refractivity contribution in [1.82, 2.24) is 0 Å². The lowest BCUT2D eigenvalue weighted by atomic mass is 9.77. The summed E-state index contributed by atoms with van der Waals surface area (Å²) in [5.74, 6) is -0.325. The topological polar surface area (TPSA) is 37.3 Å². The van der Waals surface area contributed by atoms with E-state index in [-0.39, 0.29) is 0 Å². The molecule has 1 atom stereocenters. The number of carbonyl (C=O) groups is 1. The Labute approximate surface area is 165 Å². The molecule has 2 nitrogen and oxygen atoms in total. The average Bonchev–Trinajstić information content (AvgIpc) is 2.99. The highest BCUT2D eigenvalue weighted by Crippen LogP contribution is 2.38. The molecule has 0 aliphatic heterocycles. The number of benzene rings is 2. The Morgan fingerprint density at radius 3 is 2.37 bits per heavy atom. The van der Waals surface area contributed by atoms with Crippen LogP contribution < -0.4 is 0 Å². The Kier molecular flexibility index (Phi) is 5.71. The van der Waals surface area contributed by atoms with Gasteiger partial charge in [-0.25, -0.2) is 0 Å². The highest BCUT2D eigenvalue weighted by atomic mass is 32.1. The molecule has 2 aromatic carbocycles. The first-order valence-corrected chi connectivity index (χ1v) is 10.5. The quantitative estimate of drug-likeness (QED) is 0.504. The van der Waals surface area contributed by atoms with E-state index in [2.05, 4.69) is 57.2 Å². The molecule has 142 valence electrons. The van der Waals surface area contributed by atoms with Crippen LogP contribution in [0.25, 0.3) is 10.1 Å². The van der Waals surface area contributed by atoms with Crippen LogP contribution in [0.4, 0.5) is 0 Å². The van der Waals surface area contributed by atoms with Crippen molar-refractivity contribution in [2.24, 2.45) is 0 Å². The van der Waals surface area contributed by atoms with Crippen LogP contribution in [0.2, 0.25) is 0 Å². The van der Waals surface area contributed by atoms with E-state index in [1.54, 1.807) is 11.3 Å². The summed E-state index contributed by atoms with van der Waals surface area (Å²) in [6, 6.07) is 16.6. The summed E-state index contributed by atoms with van der Waals surface area (Å²) < 4.78 is 1.25. The molecular formula is C24H28O2S. The number of hydrogen-bond donors (Lipinski definition) is 1. The molecule has 0 spiro atoms. The maximum Gasteiger partial charge on any atom is 0.314 e. The molecule has 0 aliphatic rings. The van der Waals surface area contributed by atoms with E-state index in [0.29, 0.717) is 12.3 Å². The van der Waals surface area contributed by atoms with Crippen LogP contribution in [0.1, 0.15) is 61.6 Å². The molecule has 3 aromatic rings. The van der Waals surface area contributed by atoms with Crippen molar-refractivity contribution in [3.8, 4) is 0 Å². The van der Waals surface area contributed by atoms with Gasteiger partial charge in [-0.2, -0.15) is 0 Å². The second-order valence-corrected chi connectivity index (χ2v) is 8.98. The third-order valence-corrected chi connectivity index (χ3v) is 6.70. The Balaban J connectivity index is 2.05. The van der Waals surface area contributed by atoms with E-state index in [1.165, 1.54) is 26.1 Å². The molecule has 1 aromatic heterocycles. The summed E-state index contributed by atoms with van der Waals surface area (Å²) in [4.78, 5) is 13.5. The maximum atomic E-state index is 12.3. The number of thiophene rings is 1. The number of fused-ring (bicyclic) bond motifs is 1. The van der Waals surface area contributed by atoms with Gasteiger partial charge >= 0.3 is 5.97 Å². The summed E-state index contributed by atoms with van der Waals surface area (Å²) in [5, 5.41) is 11.4. The summed E-state index contributed by atoms with van der Waals surface area (Å²) in [6.07, 6.45) is 2.57. The van der Waals surface area contributed by atoms with E-state index in [0.717, 1.165) is 18.4 Å². The Hall–Kier alpha value is -2.13. The average molecular weight is 381 g/mol. The summed E-state index contributed by atoms with van der Waals surface area (Å²) in [5.41, 5.74) is 2.50. The summed E-state index contributed by atoms with van der Waals surface area (Å²) in [7, 11) is 0. The first-order valence-electron chi connectivity index (χ1n) is 9.70. The van der Waals surface area contributed by atoms with Crippen molar-refractivity contribution in [1.29, 1.82) is 0 Å². The largest absolute Gasteiger partial charge is 0.481 e. The van der Waals surface area contributed by atoms with Gasteiger partial charge in [0.2, 0.25) is 0 Å². The SMILES string of the molecule is CCCc1c(CC(C)(C(=O)O)c2ccc(C(C)C)cc2)sc2ccccc12. The van der Waals surface area contributed by atoms with Crippen molar-refractivity contribution in [3.05, 3.63) is 70.1 Å². The molecular weight excluding hydrogens is 352 g/mol. The number of rotatable bonds is 7. The zero-order chi connectivity index (χ0) is 19.6. The van der Waals surface area contributed by atoms with Gasteiger partial charge in [-0.1, -0.05) is 69.7 Å². The van der Waals surface area contributed by atoms with E-state index in [4.69, 9.17) is 0 Å². The van der Waals surface area contributed by atoms with Crippen LogP contribution >= 0.6 is 11.3 Å². The maximum absolute atomic E-state index is 12.3. The Bertz CT molecular complexity index is 937. The highest BCUT2D eigenvalue weighted by Gasteiger charge is 2.36. The molecule has 1 N–H and O–H groups in total. The van der Waals surface area contributed by atoms with Crippen LogP contribution in [-0.4, -0.2) is 11.1 Å². The van der Waals surface area contributed by atoms with Crippen LogP contribution in [-0.2, 0) is 23.1 Å². The van der Waals surface area contributed by atoms with E-state index in [9.17, 15) is 9.90 Å². The van der Waals surface area contributed by atoms with Crippen LogP contribution in [0.5, 0.6) is 0 Å². The van der Waals surface area contributed by atoms with Crippen molar-refractivity contribution in [2.45, 2.75) is 58.3 Å². The molecule has 0 radical (unpaired) electrons. The molecule has 3 rings (SSSR count). The fraction of sp³-hybridized carbons (Fsp3) is 0.375. The first kappa shape index (κ1) is 19.6. The minimum Gasteiger partial charge on any atom is -0.481 e. The molecule has 0 saturated carbocycles. The van der Waals surface area contributed by atoms with Crippen molar-refractivity contribution in [2.75, 3.05) is 0 Å². The van der Waals surface area contributed by atoms with Crippen molar-refractivity contribution >= 4 is 27.4 Å². The van der Waals surface area contributed by atoms with E-state index < -0.39 is 11.4 Å². The first-order chi connectivity index (χ1) is 12.9. The van der Waals surface area contributed by atoms with Crippen LogP contribution in [0, 0.1) is 0 Å². The third kappa shape index (κ3) is 3.79. The summed E-state index contributed by atoms with van der Waals surface area (Å²) >= 11 is 1.75. The van der Waals surface area contributed by atoms with Crippen molar-refractivity contribution < 1.29 is 9.90 Å². The molecule has 0 bridgehead atoms. The highest BCUT2D eigenvalue weighted by molar-refractivity contribution is 7.19. The molecule has 27 heavy (non-hydrogen) atoms. The van der Waals surface area contributed by atoms with Gasteiger partial charge in [0.05, 0.1) is 5.41 Å². The molecule has 0 aliphatic carbocycles. The second-order valence-electron chi connectivity index (χ2n) is 7.84. The number of carboxylic acid groups (broad SMARTS) is 1. The van der Waals surface area contributed by atoms with E-state index in [1.807, 2.05) is 19.1 Å². The monoisotopic (exact) mass is 380 g/mol. The van der Waals surface area contributed by atoms with Gasteiger partial charge < -0.3 is 5.11 Å². The lowest BCUT2D eigenvalue weighted by Crippen LogP contribution is -2.34. The minimum absolute atomic E-state index is 0.439. The van der Waals surface area contributed by atoms with Gasteiger partial charge in [-0.15, -0.1) is 11.3 Å². The molecule has 1 unspecified atom stereocenters. The fourth-order valence-electron chi connectivity index (χ4n) is 3.67. The normalized spacial score (nSPS) is 13.8. The minimum atomic E-state index is -0.932. The number of aryl methyl sites for hydroxylation is 1. The standard InChI is InChI=1S/C24H28O2S/c1-5-8-19-20-9-6-7-10-21(20)27-22(19)15-24(4,23(25)26)18-13-11-17(12-14-18)16(2)3/h6-7,9-14,16H,5,8,15H2,1-4H3,(H,25,26). The number of hydrogen-bond acceptors (Lipinski definition) is 2. The fourth-order valence-corrected chi connectivity index (χ4v) is 5.08. The molecule has 0 fully saturated rings. The Morgan fingerprint density at radius 2 is 1.78 bits per heavy atom. The van der Waals surface area contributed by atoms with E-state index >= 15 is 0 Å². The zero-order valence-electron chi connectivity index (χ0n) is 16.6. The molecule has 3 heteroatoms. The van der Waals surface area contributed by atoms with Crippen molar-refractivity contribution in [3.63, 3.8) is 0 Å². The summed E-state index contributed by atoms with van der Waals surface area (Å²) in [6.45, 7) is 8.34. The van der Waals surface area contributed by atoms with Gasteiger partial charge in [0.1, 0.15) is 0 Å². The van der Waals surface area contributed by atoms with Gasteiger partial charge in [0.15, 0.2) is 0 Å². The van der Waals surface area contributed by atoms with Crippen LogP contribution in [0.15, 0.2) is 48.5 Å². The van der Waals surface area contributed by atoms with Crippen LogP contribution in [0.3, 0.4) is 0 Å². The molecule has 0 amide bonds. The number of aliphatic carboxylic acids is 1. The lowest BCUT2D eigenvalue weighted by molar-refractivity contribution is -0.143. The second kappa shape index (κ2) is 7.85. The van der Waals surface area contributed by atoms with Gasteiger partial charge in [-0.3, -0.25) is 4.79 Å². The third-order valence-electron chi connectivity index (χ3n) is 5.48. The van der Waals surface area contributed by atoms with Gasteiger partial charge in [0, 0.05) is 16.0 Å². The van der Waals surface area contributed by atoms with Gasteiger partial charge in [0.25, 0.3) is 0 Å². The predicted molar refractivity (Wildman–Crippen MR) is 115 cm³/mol. The smallest absolute Gasteiger partial charge is 0.314 e. The predicted octanol–water partition coefficient (Wildman–Crippen LogP) is 6.56. The lowest BCUT2D eigenvalue weighted by Gasteiger charge is -2.26. The zero-order valence-corrected chi connectivity index (χ0v) is 17.4. The Morgan fingerprint density at radius 1 is 1.11 bits per heavy atom. The molecule has 1 heterocycles. The number of carboxylic acids is 1.